The van der Waals surface area contributed by atoms with Crippen LogP contribution in [0.3, 0.4) is 0 Å². The summed E-state index contributed by atoms with van der Waals surface area (Å²) in [6.07, 6.45) is 0.195. The number of carbonyl (C=O) groups excluding carboxylic acids is 1. The van der Waals surface area contributed by atoms with Gasteiger partial charge in [0.15, 0.2) is 0 Å². The van der Waals surface area contributed by atoms with Crippen molar-refractivity contribution in [1.82, 2.24) is 5.32 Å². The molecule has 0 spiro atoms. The van der Waals surface area contributed by atoms with Crippen LogP contribution in [0, 0.1) is 12.7 Å². The third-order valence-corrected chi connectivity index (χ3v) is 2.96. The van der Waals surface area contributed by atoms with Gasteiger partial charge in [-0.1, -0.05) is 6.07 Å². The van der Waals surface area contributed by atoms with Crippen molar-refractivity contribution < 1.29 is 18.3 Å². The van der Waals surface area contributed by atoms with E-state index in [0.29, 0.717) is 11.5 Å². The molecule has 1 amide bonds. The summed E-state index contributed by atoms with van der Waals surface area (Å²) < 4.78 is 23.7. The van der Waals surface area contributed by atoms with Crippen LogP contribution in [-0.4, -0.2) is 12.5 Å². The Bertz CT molecular complexity index is 609. The van der Waals surface area contributed by atoms with Crippen LogP contribution in [0.5, 0.6) is 5.75 Å². The molecule has 5 heteroatoms. The molecule has 0 aliphatic rings. The smallest absolute Gasteiger partial charge is 0.224 e. The fourth-order valence-electron chi connectivity index (χ4n) is 1.89. The summed E-state index contributed by atoms with van der Waals surface area (Å²) in [5.74, 6) is 1.43. The zero-order valence-electron chi connectivity index (χ0n) is 12.1. The van der Waals surface area contributed by atoms with Crippen molar-refractivity contribution in [3.05, 3.63) is 53.7 Å². The van der Waals surface area contributed by atoms with Crippen LogP contribution in [-0.2, 0) is 4.79 Å². The van der Waals surface area contributed by atoms with Gasteiger partial charge in [0.05, 0.1) is 19.1 Å². The Kier molecular flexibility index (Phi) is 4.98. The molecule has 1 aromatic heterocycles. The molecule has 2 rings (SSSR count). The van der Waals surface area contributed by atoms with Gasteiger partial charge in [-0.2, -0.15) is 0 Å². The number of amides is 1. The Morgan fingerprint density at radius 2 is 2.19 bits per heavy atom. The summed E-state index contributed by atoms with van der Waals surface area (Å²) >= 11 is 0. The molecule has 1 atom stereocenters. The van der Waals surface area contributed by atoms with Gasteiger partial charge in [-0.15, -0.1) is 0 Å². The Labute approximate surface area is 122 Å². The van der Waals surface area contributed by atoms with Gasteiger partial charge in [-0.3, -0.25) is 4.79 Å². The SMILES string of the molecule is Cc1ccc(C(C)NC(=O)CCOc2cccc(F)c2)o1. The van der Waals surface area contributed by atoms with Crippen molar-refractivity contribution in [1.29, 1.82) is 0 Å². The molecule has 4 nitrogen and oxygen atoms in total. The second kappa shape index (κ2) is 6.92. The van der Waals surface area contributed by atoms with Crippen molar-refractivity contribution in [2.45, 2.75) is 26.3 Å². The zero-order chi connectivity index (χ0) is 15.2. The molecule has 112 valence electrons. The van der Waals surface area contributed by atoms with E-state index in [-0.39, 0.29) is 30.8 Å². The predicted octanol–water partition coefficient (Wildman–Crippen LogP) is 3.37. The molecule has 1 N–H and O–H groups in total. The molecule has 21 heavy (non-hydrogen) atoms. The van der Waals surface area contributed by atoms with E-state index in [9.17, 15) is 9.18 Å². The summed E-state index contributed by atoms with van der Waals surface area (Å²) in [6, 6.07) is 9.33. The molecule has 0 saturated heterocycles. The minimum absolute atomic E-state index is 0.145. The molecule has 1 heterocycles. The third kappa shape index (κ3) is 4.63. The fraction of sp³-hybridized carbons (Fsp3) is 0.312. The molecule has 0 fully saturated rings. The van der Waals surface area contributed by atoms with Gasteiger partial charge in [-0.05, 0) is 38.1 Å². The Hall–Kier alpha value is -2.30. The molecule has 1 aromatic carbocycles. The number of hydrogen-bond donors (Lipinski definition) is 1. The first-order chi connectivity index (χ1) is 10.0. The van der Waals surface area contributed by atoms with Crippen LogP contribution in [0.2, 0.25) is 0 Å². The van der Waals surface area contributed by atoms with Crippen LogP contribution in [0.15, 0.2) is 40.8 Å². The van der Waals surface area contributed by atoms with E-state index < -0.39 is 0 Å². The lowest BCUT2D eigenvalue weighted by molar-refractivity contribution is -0.122. The quantitative estimate of drug-likeness (QED) is 0.887. The number of furan rings is 1. The second-order valence-corrected chi connectivity index (χ2v) is 4.79. The first-order valence-corrected chi connectivity index (χ1v) is 6.78. The molecule has 2 aromatic rings. The zero-order valence-corrected chi connectivity index (χ0v) is 12.1. The number of aryl methyl sites for hydroxylation is 1. The van der Waals surface area contributed by atoms with E-state index in [2.05, 4.69) is 5.32 Å². The molecule has 0 saturated carbocycles. The van der Waals surface area contributed by atoms with Crippen LogP contribution < -0.4 is 10.1 Å². The van der Waals surface area contributed by atoms with Gasteiger partial charge in [-0.25, -0.2) is 4.39 Å². The van der Waals surface area contributed by atoms with Gasteiger partial charge in [0, 0.05) is 6.07 Å². The monoisotopic (exact) mass is 291 g/mol. The van der Waals surface area contributed by atoms with Gasteiger partial charge in [0.2, 0.25) is 5.91 Å². The van der Waals surface area contributed by atoms with Gasteiger partial charge in [0.25, 0.3) is 0 Å². The highest BCUT2D eigenvalue weighted by Gasteiger charge is 2.12. The first kappa shape index (κ1) is 15.1. The van der Waals surface area contributed by atoms with Crippen LogP contribution in [0.4, 0.5) is 4.39 Å². The maximum absolute atomic E-state index is 12.9. The van der Waals surface area contributed by atoms with Gasteiger partial charge >= 0.3 is 0 Å². The van der Waals surface area contributed by atoms with E-state index in [1.165, 1.54) is 12.1 Å². The van der Waals surface area contributed by atoms with E-state index in [1.807, 2.05) is 26.0 Å². The highest BCUT2D eigenvalue weighted by Crippen LogP contribution is 2.16. The number of ether oxygens (including phenoxy) is 1. The van der Waals surface area contributed by atoms with Gasteiger partial charge in [0.1, 0.15) is 23.1 Å². The lowest BCUT2D eigenvalue weighted by Crippen LogP contribution is -2.27. The molecule has 0 radical (unpaired) electrons. The molecular weight excluding hydrogens is 273 g/mol. The van der Waals surface area contributed by atoms with Crippen molar-refractivity contribution in [3.8, 4) is 5.75 Å². The molecule has 0 aliphatic heterocycles. The Morgan fingerprint density at radius 3 is 2.86 bits per heavy atom. The topological polar surface area (TPSA) is 51.5 Å². The average Bonchev–Trinajstić information content (AvgIpc) is 2.85. The minimum Gasteiger partial charge on any atom is -0.493 e. The highest BCUT2D eigenvalue weighted by atomic mass is 19.1. The Morgan fingerprint density at radius 1 is 1.38 bits per heavy atom. The molecule has 1 unspecified atom stereocenters. The van der Waals surface area contributed by atoms with Crippen molar-refractivity contribution in [3.63, 3.8) is 0 Å². The molecule has 0 aliphatic carbocycles. The van der Waals surface area contributed by atoms with E-state index in [1.54, 1.807) is 12.1 Å². The largest absolute Gasteiger partial charge is 0.493 e. The Balaban J connectivity index is 1.75. The summed E-state index contributed by atoms with van der Waals surface area (Å²) in [5.41, 5.74) is 0. The van der Waals surface area contributed by atoms with Crippen LogP contribution >= 0.6 is 0 Å². The number of rotatable bonds is 6. The highest BCUT2D eigenvalue weighted by molar-refractivity contribution is 5.76. The summed E-state index contributed by atoms with van der Waals surface area (Å²) in [6.45, 7) is 3.90. The third-order valence-electron chi connectivity index (χ3n) is 2.96. The fourth-order valence-corrected chi connectivity index (χ4v) is 1.89. The minimum atomic E-state index is -0.362. The second-order valence-electron chi connectivity index (χ2n) is 4.79. The summed E-state index contributed by atoms with van der Waals surface area (Å²) in [5, 5.41) is 2.82. The normalized spacial score (nSPS) is 12.0. The summed E-state index contributed by atoms with van der Waals surface area (Å²) in [4.78, 5) is 11.8. The number of carbonyl (C=O) groups is 1. The lowest BCUT2D eigenvalue weighted by Gasteiger charge is -2.12. The number of nitrogens with one attached hydrogen (secondary N) is 1. The first-order valence-electron chi connectivity index (χ1n) is 6.78. The maximum Gasteiger partial charge on any atom is 0.224 e. The van der Waals surface area contributed by atoms with E-state index in [0.717, 1.165) is 5.76 Å². The van der Waals surface area contributed by atoms with Crippen LogP contribution in [0.1, 0.15) is 30.9 Å². The summed E-state index contributed by atoms with van der Waals surface area (Å²) in [7, 11) is 0. The van der Waals surface area contributed by atoms with Gasteiger partial charge < -0.3 is 14.5 Å². The van der Waals surface area contributed by atoms with Crippen LogP contribution in [0.25, 0.3) is 0 Å². The average molecular weight is 291 g/mol. The standard InChI is InChI=1S/C16H18FNO3/c1-11-6-7-15(21-11)12(2)18-16(19)8-9-20-14-5-3-4-13(17)10-14/h3-7,10,12H,8-9H2,1-2H3,(H,18,19). The maximum atomic E-state index is 12.9. The van der Waals surface area contributed by atoms with Crippen molar-refractivity contribution in [2.24, 2.45) is 0 Å². The van der Waals surface area contributed by atoms with Crippen molar-refractivity contribution >= 4 is 5.91 Å². The predicted molar refractivity (Wildman–Crippen MR) is 76.5 cm³/mol. The molecular formula is C16H18FNO3. The number of benzene rings is 1. The van der Waals surface area contributed by atoms with E-state index >= 15 is 0 Å². The number of hydrogen-bond acceptors (Lipinski definition) is 3. The molecule has 0 bridgehead atoms. The number of halogens is 1. The van der Waals surface area contributed by atoms with Crippen molar-refractivity contribution in [2.75, 3.05) is 6.61 Å². The lowest BCUT2D eigenvalue weighted by atomic mass is 10.2. The van der Waals surface area contributed by atoms with E-state index in [4.69, 9.17) is 9.15 Å².